The van der Waals surface area contributed by atoms with Crippen LogP contribution in [0.4, 0.5) is 0 Å². The predicted octanol–water partition coefficient (Wildman–Crippen LogP) is 5.37. The van der Waals surface area contributed by atoms with Gasteiger partial charge in [-0.1, -0.05) is 0 Å². The second-order valence-electron chi connectivity index (χ2n) is 12.1. The number of aromatic amines is 1. The molecule has 1 saturated carbocycles. The van der Waals surface area contributed by atoms with Crippen molar-refractivity contribution in [2.75, 3.05) is 20.6 Å². The van der Waals surface area contributed by atoms with Gasteiger partial charge in [-0.2, -0.15) is 0 Å². The lowest BCUT2D eigenvalue weighted by molar-refractivity contribution is -0.123. The van der Waals surface area contributed by atoms with Crippen LogP contribution in [0.5, 0.6) is 11.5 Å². The molecule has 40 heavy (non-hydrogen) atoms. The molecule has 3 aliphatic rings. The van der Waals surface area contributed by atoms with Crippen LogP contribution in [0.25, 0.3) is 11.3 Å². The number of aryl methyl sites for hydroxylation is 2. The third kappa shape index (κ3) is 4.33. The van der Waals surface area contributed by atoms with Gasteiger partial charge in [-0.25, -0.2) is 0 Å². The Morgan fingerprint density at radius 1 is 1.05 bits per heavy atom. The molecule has 1 N–H and O–H groups in total. The van der Waals surface area contributed by atoms with Crippen LogP contribution in [0.3, 0.4) is 0 Å². The van der Waals surface area contributed by atoms with Gasteiger partial charge in [0.25, 0.3) is 17.3 Å². The van der Waals surface area contributed by atoms with Crippen LogP contribution in [0.15, 0.2) is 33.7 Å². The Morgan fingerprint density at radius 2 is 1.77 bits per heavy atom. The van der Waals surface area contributed by atoms with Crippen molar-refractivity contribution in [2.24, 2.45) is 5.92 Å². The highest BCUT2D eigenvalue weighted by atomic mass is 16.7. The average molecular weight is 546 g/mol. The number of aromatic nitrogens is 1. The third-order valence-electron chi connectivity index (χ3n) is 9.27. The van der Waals surface area contributed by atoms with Crippen LogP contribution >= 0.6 is 0 Å². The van der Waals surface area contributed by atoms with E-state index in [-0.39, 0.29) is 23.9 Å². The molecule has 1 amide bonds. The van der Waals surface area contributed by atoms with Gasteiger partial charge < -0.3 is 28.7 Å². The average Bonchev–Trinajstić information content (AvgIpc) is 3.56. The zero-order chi connectivity index (χ0) is 28.3. The minimum absolute atomic E-state index is 0.0996. The van der Waals surface area contributed by atoms with Gasteiger partial charge in [-0.3, -0.25) is 9.59 Å². The van der Waals surface area contributed by atoms with Crippen LogP contribution in [0.1, 0.15) is 70.9 Å². The number of pyridine rings is 1. The van der Waals surface area contributed by atoms with E-state index in [2.05, 4.69) is 24.0 Å². The monoisotopic (exact) mass is 545 g/mol. The molecule has 2 aromatic heterocycles. The van der Waals surface area contributed by atoms with E-state index in [9.17, 15) is 9.59 Å². The molecular formula is C32H39N3O5. The molecule has 0 spiro atoms. The predicted molar refractivity (Wildman–Crippen MR) is 153 cm³/mol. The fourth-order valence-electron chi connectivity index (χ4n) is 6.96. The van der Waals surface area contributed by atoms with Gasteiger partial charge in [0.2, 0.25) is 0 Å². The molecule has 1 aliphatic carbocycles. The van der Waals surface area contributed by atoms with Crippen molar-refractivity contribution in [1.29, 1.82) is 0 Å². The Hall–Kier alpha value is -3.52. The van der Waals surface area contributed by atoms with Gasteiger partial charge in [0.05, 0.1) is 23.9 Å². The summed E-state index contributed by atoms with van der Waals surface area (Å²) in [4.78, 5) is 33.8. The van der Waals surface area contributed by atoms with E-state index in [1.54, 1.807) is 11.2 Å². The van der Waals surface area contributed by atoms with Crippen molar-refractivity contribution < 1.29 is 18.7 Å². The first-order chi connectivity index (χ1) is 19.1. The van der Waals surface area contributed by atoms with Crippen LogP contribution in [-0.4, -0.2) is 53.2 Å². The smallest absolute Gasteiger partial charge is 0.254 e. The number of nitrogens with one attached hydrogen (secondary N) is 1. The number of ether oxygens (including phenoxy) is 2. The Labute approximate surface area is 235 Å². The van der Waals surface area contributed by atoms with Gasteiger partial charge in [0.15, 0.2) is 11.5 Å². The first-order valence-electron chi connectivity index (χ1n) is 14.3. The molecule has 0 saturated heterocycles. The first-order valence-corrected chi connectivity index (χ1v) is 14.3. The van der Waals surface area contributed by atoms with Gasteiger partial charge in [0, 0.05) is 42.2 Å². The summed E-state index contributed by atoms with van der Waals surface area (Å²) >= 11 is 0. The summed E-state index contributed by atoms with van der Waals surface area (Å²) in [6.45, 7) is 8.54. The fraction of sp³-hybridized carbons (Fsp3) is 0.500. The maximum Gasteiger partial charge on any atom is 0.254 e. The van der Waals surface area contributed by atoms with Crippen molar-refractivity contribution in [3.63, 3.8) is 0 Å². The molecule has 6 rings (SSSR count). The Balaban J connectivity index is 1.38. The number of benzene rings is 1. The second-order valence-corrected chi connectivity index (χ2v) is 12.1. The van der Waals surface area contributed by atoms with Crippen molar-refractivity contribution >= 4 is 5.91 Å². The van der Waals surface area contributed by atoms with Gasteiger partial charge in [-0.15, -0.1) is 0 Å². The number of hydrogen-bond acceptors (Lipinski definition) is 6. The number of furan rings is 1. The quantitative estimate of drug-likeness (QED) is 0.464. The van der Waals surface area contributed by atoms with Crippen LogP contribution in [0.2, 0.25) is 0 Å². The molecule has 1 atom stereocenters. The summed E-state index contributed by atoms with van der Waals surface area (Å²) in [5.74, 6) is 1.30. The number of rotatable bonds is 5. The standard InChI is InChI=1S/C32H39N3O5/c1-18-16-19(2)33-30(36)24(18)17-35-14-13-23-26(31(35)37)20(3)28-29(27(23)25-8-7-15-38-25)40-32(4,39-28)21-9-11-22(12-10-21)34(5)6/h7-8,15-16,21-22H,9-14,17H2,1-6H3,(H,33,36). The summed E-state index contributed by atoms with van der Waals surface area (Å²) in [7, 11) is 4.29. The lowest BCUT2D eigenvalue weighted by Gasteiger charge is -2.39. The molecule has 212 valence electrons. The number of H-pyrrole nitrogens is 1. The zero-order valence-corrected chi connectivity index (χ0v) is 24.3. The van der Waals surface area contributed by atoms with Crippen LogP contribution in [0, 0.1) is 26.7 Å². The number of carbonyl (C=O) groups is 1. The number of nitrogens with zero attached hydrogens (tertiary/aromatic N) is 2. The van der Waals surface area contributed by atoms with E-state index in [0.29, 0.717) is 47.4 Å². The maximum absolute atomic E-state index is 14.1. The Kier molecular flexibility index (Phi) is 6.56. The Morgan fingerprint density at radius 3 is 2.42 bits per heavy atom. The summed E-state index contributed by atoms with van der Waals surface area (Å²) < 4.78 is 19.4. The second kappa shape index (κ2) is 9.84. The minimum Gasteiger partial charge on any atom is -0.464 e. The highest BCUT2D eigenvalue weighted by Gasteiger charge is 2.49. The largest absolute Gasteiger partial charge is 0.464 e. The van der Waals surface area contributed by atoms with Crippen molar-refractivity contribution in [1.82, 2.24) is 14.8 Å². The molecule has 4 heterocycles. The number of fused-ring (bicyclic) bond motifs is 2. The van der Waals surface area contributed by atoms with Crippen molar-refractivity contribution in [3.8, 4) is 22.8 Å². The molecule has 1 unspecified atom stereocenters. The molecule has 3 aromatic rings. The van der Waals surface area contributed by atoms with Crippen molar-refractivity contribution in [2.45, 2.75) is 78.2 Å². The lowest BCUT2D eigenvalue weighted by atomic mass is 9.81. The van der Waals surface area contributed by atoms with E-state index >= 15 is 0 Å². The topological polar surface area (TPSA) is 88.0 Å². The third-order valence-corrected chi connectivity index (χ3v) is 9.27. The summed E-state index contributed by atoms with van der Waals surface area (Å²) in [5.41, 5.74) is 5.32. The van der Waals surface area contributed by atoms with E-state index in [0.717, 1.165) is 53.6 Å². The van der Waals surface area contributed by atoms with Gasteiger partial charge >= 0.3 is 0 Å². The lowest BCUT2D eigenvalue weighted by Crippen LogP contribution is -2.46. The van der Waals surface area contributed by atoms with Crippen molar-refractivity contribution in [3.05, 3.63) is 68.3 Å². The molecular weight excluding hydrogens is 506 g/mol. The van der Waals surface area contributed by atoms with Gasteiger partial charge in [-0.05, 0) is 96.3 Å². The van der Waals surface area contributed by atoms with Crippen LogP contribution < -0.4 is 15.0 Å². The molecule has 0 bridgehead atoms. The number of amides is 1. The Bertz CT molecular complexity index is 1510. The number of hydrogen-bond donors (Lipinski definition) is 1. The summed E-state index contributed by atoms with van der Waals surface area (Å²) in [6.07, 6.45) is 6.50. The normalized spacial score (nSPS) is 24.1. The van der Waals surface area contributed by atoms with E-state index in [1.165, 1.54) is 0 Å². The van der Waals surface area contributed by atoms with Crippen LogP contribution in [-0.2, 0) is 13.0 Å². The number of carbonyl (C=O) groups excluding carboxylic acids is 1. The van der Waals surface area contributed by atoms with E-state index < -0.39 is 5.79 Å². The summed E-state index contributed by atoms with van der Waals surface area (Å²) in [6, 6.07) is 6.29. The molecule has 0 radical (unpaired) electrons. The maximum atomic E-state index is 14.1. The highest BCUT2D eigenvalue weighted by Crippen LogP contribution is 2.55. The molecule has 1 aromatic carbocycles. The molecule has 8 nitrogen and oxygen atoms in total. The van der Waals surface area contributed by atoms with E-state index in [1.807, 2.05) is 45.9 Å². The summed E-state index contributed by atoms with van der Waals surface area (Å²) in [5, 5.41) is 0. The van der Waals surface area contributed by atoms with Gasteiger partial charge in [0.1, 0.15) is 5.76 Å². The van der Waals surface area contributed by atoms with E-state index in [4.69, 9.17) is 13.9 Å². The highest BCUT2D eigenvalue weighted by molar-refractivity contribution is 6.02. The minimum atomic E-state index is -0.815. The molecule has 2 aliphatic heterocycles. The fourth-order valence-corrected chi connectivity index (χ4v) is 6.96. The molecule has 1 fully saturated rings. The SMILES string of the molecule is Cc1cc(C)c(CN2CCc3c(c(C)c4c(c3-c3ccco3)OC(C)(C3CCC(N(C)C)CC3)O4)C2=O)c(=O)[nH]1. The zero-order valence-electron chi connectivity index (χ0n) is 24.3. The first kappa shape index (κ1) is 26.7. The molecule has 8 heteroatoms.